The van der Waals surface area contributed by atoms with Crippen LogP contribution in [0.3, 0.4) is 0 Å². The average molecular weight is 559 g/mol. The largest absolute Gasteiger partial charge is 0.481 e. The van der Waals surface area contributed by atoms with E-state index in [-0.39, 0.29) is 12.4 Å². The Hall–Kier alpha value is -3.31. The van der Waals surface area contributed by atoms with E-state index in [1.807, 2.05) is 32.1 Å². The van der Waals surface area contributed by atoms with Gasteiger partial charge >= 0.3 is 12.1 Å². The first-order valence-corrected chi connectivity index (χ1v) is 13.6. The Morgan fingerprint density at radius 3 is 2.62 bits per heavy atom. The Bertz CT molecular complexity index is 1420. The van der Waals surface area contributed by atoms with E-state index in [1.165, 1.54) is 11.3 Å². The van der Waals surface area contributed by atoms with Gasteiger partial charge in [-0.1, -0.05) is 26.0 Å². The molecule has 0 radical (unpaired) electrons. The number of carboxylic acids is 1. The SMILES string of the molecule is CC1(C)C[C@@](O)(c2ncc(-c3cc(/C=C\C4CC4)cc(Nc4nccc(C(F)(F)F)n4)c3)s2)CC[C@@H]1C(=O)O. The lowest BCUT2D eigenvalue weighted by Gasteiger charge is -2.44. The van der Waals surface area contributed by atoms with Crippen LogP contribution in [-0.2, 0) is 16.6 Å². The molecular weight excluding hydrogens is 529 g/mol. The van der Waals surface area contributed by atoms with Crippen LogP contribution in [0.4, 0.5) is 24.8 Å². The lowest BCUT2D eigenvalue weighted by atomic mass is 9.63. The second-order valence-corrected chi connectivity index (χ2v) is 12.1. The first-order valence-electron chi connectivity index (χ1n) is 12.7. The van der Waals surface area contributed by atoms with E-state index in [2.05, 4.69) is 26.3 Å². The summed E-state index contributed by atoms with van der Waals surface area (Å²) in [4.78, 5) is 24.5. The number of allylic oxidation sites excluding steroid dienone is 1. The zero-order chi connectivity index (χ0) is 28.0. The third-order valence-corrected chi connectivity index (χ3v) is 8.60. The van der Waals surface area contributed by atoms with Crippen molar-refractivity contribution in [1.82, 2.24) is 15.0 Å². The summed E-state index contributed by atoms with van der Waals surface area (Å²) in [6.07, 6.45) is 5.44. The molecule has 2 aliphatic carbocycles. The molecule has 0 saturated heterocycles. The highest BCUT2D eigenvalue weighted by molar-refractivity contribution is 7.15. The highest BCUT2D eigenvalue weighted by Crippen LogP contribution is 2.51. The lowest BCUT2D eigenvalue weighted by Crippen LogP contribution is -2.44. The molecule has 0 spiro atoms. The smallest absolute Gasteiger partial charge is 0.433 e. The Morgan fingerprint density at radius 2 is 1.95 bits per heavy atom. The fraction of sp³-hybridized carbons (Fsp3) is 0.429. The Morgan fingerprint density at radius 1 is 1.18 bits per heavy atom. The van der Waals surface area contributed by atoms with Gasteiger partial charge < -0.3 is 15.5 Å². The number of carbonyl (C=O) groups is 1. The summed E-state index contributed by atoms with van der Waals surface area (Å²) in [5, 5.41) is 24.5. The molecule has 7 nitrogen and oxygen atoms in total. The first-order chi connectivity index (χ1) is 18.3. The summed E-state index contributed by atoms with van der Waals surface area (Å²) >= 11 is 1.33. The normalized spacial score (nSPS) is 23.2. The fourth-order valence-electron chi connectivity index (χ4n) is 5.21. The molecule has 3 N–H and O–H groups in total. The van der Waals surface area contributed by atoms with Crippen LogP contribution in [0.25, 0.3) is 16.5 Å². The van der Waals surface area contributed by atoms with Crippen LogP contribution < -0.4 is 5.32 Å². The van der Waals surface area contributed by atoms with Gasteiger partial charge in [0, 0.05) is 18.1 Å². The van der Waals surface area contributed by atoms with Gasteiger partial charge in [0.1, 0.15) is 16.3 Å². The van der Waals surface area contributed by atoms with Gasteiger partial charge in [-0.2, -0.15) is 13.2 Å². The highest BCUT2D eigenvalue weighted by atomic mass is 32.1. The number of carboxylic acid groups (broad SMARTS) is 1. The van der Waals surface area contributed by atoms with Crippen molar-refractivity contribution in [2.24, 2.45) is 17.3 Å². The van der Waals surface area contributed by atoms with Gasteiger partial charge in [0.2, 0.25) is 5.95 Å². The Kier molecular flexibility index (Phi) is 7.00. The van der Waals surface area contributed by atoms with Crippen LogP contribution in [0, 0.1) is 17.3 Å². The standard InChI is InChI=1S/C28H29F3N4O3S/c1-26(2)15-27(38,9-7-20(26)23(36)37)24-33-14-21(39-24)18-11-17(6-5-16-3-4-16)12-19(13-18)34-25-32-10-8-22(35-25)28(29,30)31/h5-6,8,10-14,16,20,38H,3-4,7,9,15H2,1-2H3,(H,36,37)(H,32,34,35)/b6-5-/t20-,27-/m1/s1. The lowest BCUT2D eigenvalue weighted by molar-refractivity contribution is -0.154. The van der Waals surface area contributed by atoms with Crippen LogP contribution in [0.1, 0.15) is 62.2 Å². The molecule has 2 atom stereocenters. The van der Waals surface area contributed by atoms with Crippen LogP contribution in [0.5, 0.6) is 0 Å². The van der Waals surface area contributed by atoms with Crippen LogP contribution in [-0.4, -0.2) is 31.1 Å². The number of nitrogens with zero attached hydrogens (tertiary/aromatic N) is 3. The molecule has 2 aliphatic rings. The molecule has 1 aromatic carbocycles. The quantitative estimate of drug-likeness (QED) is 0.290. The number of rotatable bonds is 7. The maximum Gasteiger partial charge on any atom is 0.433 e. The van der Waals surface area contributed by atoms with E-state index >= 15 is 0 Å². The highest BCUT2D eigenvalue weighted by Gasteiger charge is 2.49. The number of thiazole rings is 1. The van der Waals surface area contributed by atoms with E-state index < -0.39 is 34.8 Å². The van der Waals surface area contributed by atoms with Crippen LogP contribution in [0.2, 0.25) is 0 Å². The second kappa shape index (κ2) is 10.0. The van der Waals surface area contributed by atoms with E-state index in [0.29, 0.717) is 29.5 Å². The van der Waals surface area contributed by atoms with Gasteiger partial charge in [-0.3, -0.25) is 4.79 Å². The summed E-state index contributed by atoms with van der Waals surface area (Å²) in [6.45, 7) is 3.71. The summed E-state index contributed by atoms with van der Waals surface area (Å²) in [7, 11) is 0. The van der Waals surface area contributed by atoms with Crippen molar-refractivity contribution in [3.05, 3.63) is 59.0 Å². The van der Waals surface area contributed by atoms with Crippen molar-refractivity contribution in [3.8, 4) is 10.4 Å². The van der Waals surface area contributed by atoms with Crippen molar-refractivity contribution >= 4 is 35.0 Å². The number of alkyl halides is 3. The zero-order valence-electron chi connectivity index (χ0n) is 21.5. The molecule has 0 unspecified atom stereocenters. The molecular formula is C28H29F3N4O3S. The Balaban J connectivity index is 1.45. The number of halogens is 3. The third kappa shape index (κ3) is 6.14. The summed E-state index contributed by atoms with van der Waals surface area (Å²) < 4.78 is 39.5. The van der Waals surface area contributed by atoms with Gasteiger partial charge in [-0.05, 0) is 78.8 Å². The third-order valence-electron chi connectivity index (χ3n) is 7.36. The van der Waals surface area contributed by atoms with Crippen LogP contribution in [0.15, 0.2) is 42.7 Å². The van der Waals surface area contributed by atoms with E-state index in [0.717, 1.165) is 41.1 Å². The molecule has 0 aliphatic heterocycles. The van der Waals surface area contributed by atoms with Gasteiger partial charge in [0.05, 0.1) is 10.8 Å². The van der Waals surface area contributed by atoms with Crippen molar-refractivity contribution in [3.63, 3.8) is 0 Å². The maximum absolute atomic E-state index is 13.2. The predicted molar refractivity (Wildman–Crippen MR) is 142 cm³/mol. The average Bonchev–Trinajstić information content (AvgIpc) is 3.53. The van der Waals surface area contributed by atoms with Crippen molar-refractivity contribution in [2.45, 2.75) is 57.7 Å². The predicted octanol–water partition coefficient (Wildman–Crippen LogP) is 6.88. The second-order valence-electron chi connectivity index (χ2n) is 11.1. The summed E-state index contributed by atoms with van der Waals surface area (Å²) in [6, 6.07) is 6.38. The van der Waals surface area contributed by atoms with E-state index in [4.69, 9.17) is 0 Å². The van der Waals surface area contributed by atoms with Gasteiger partial charge in [-0.15, -0.1) is 11.3 Å². The minimum absolute atomic E-state index is 0.171. The van der Waals surface area contributed by atoms with Crippen molar-refractivity contribution < 1.29 is 28.2 Å². The van der Waals surface area contributed by atoms with Crippen molar-refractivity contribution in [2.75, 3.05) is 5.32 Å². The molecule has 2 aromatic heterocycles. The number of nitrogens with one attached hydrogen (secondary N) is 1. The topological polar surface area (TPSA) is 108 Å². The summed E-state index contributed by atoms with van der Waals surface area (Å²) in [5.74, 6) is -1.04. The first kappa shape index (κ1) is 27.3. The number of hydrogen-bond acceptors (Lipinski definition) is 7. The number of hydrogen-bond donors (Lipinski definition) is 3. The molecule has 206 valence electrons. The Labute approximate surface area is 227 Å². The number of anilines is 2. The summed E-state index contributed by atoms with van der Waals surface area (Å²) in [5.41, 5.74) is -0.751. The molecule has 2 fully saturated rings. The minimum atomic E-state index is -4.59. The van der Waals surface area contributed by atoms with Crippen LogP contribution >= 0.6 is 11.3 Å². The monoisotopic (exact) mass is 558 g/mol. The van der Waals surface area contributed by atoms with Gasteiger partial charge in [0.15, 0.2) is 0 Å². The number of aliphatic carboxylic acids is 1. The maximum atomic E-state index is 13.2. The molecule has 11 heteroatoms. The molecule has 2 heterocycles. The van der Waals surface area contributed by atoms with Gasteiger partial charge in [0.25, 0.3) is 0 Å². The molecule has 0 bridgehead atoms. The number of benzene rings is 1. The molecule has 39 heavy (non-hydrogen) atoms. The minimum Gasteiger partial charge on any atom is -0.481 e. The fourth-order valence-corrected chi connectivity index (χ4v) is 6.23. The molecule has 2 saturated carbocycles. The van der Waals surface area contributed by atoms with Crippen molar-refractivity contribution in [1.29, 1.82) is 0 Å². The number of aromatic nitrogens is 3. The van der Waals surface area contributed by atoms with Gasteiger partial charge in [-0.25, -0.2) is 15.0 Å². The molecule has 5 rings (SSSR count). The van der Waals surface area contributed by atoms with E-state index in [9.17, 15) is 28.2 Å². The van der Waals surface area contributed by atoms with E-state index in [1.54, 1.807) is 12.3 Å². The zero-order valence-corrected chi connectivity index (χ0v) is 22.3. The molecule has 0 amide bonds. The molecule has 3 aromatic rings. The number of aliphatic hydroxyl groups is 1.